The first kappa shape index (κ1) is 17.8. The molecule has 0 atom stereocenters. The largest absolute Gasteiger partial charge is 0.497 e. The van der Waals surface area contributed by atoms with Gasteiger partial charge in [0.2, 0.25) is 5.90 Å². The van der Waals surface area contributed by atoms with Crippen LogP contribution in [0.15, 0.2) is 51.6 Å². The zero-order valence-corrected chi connectivity index (χ0v) is 16.0. The molecule has 3 aromatic rings. The van der Waals surface area contributed by atoms with Gasteiger partial charge in [-0.1, -0.05) is 11.2 Å². The van der Waals surface area contributed by atoms with Gasteiger partial charge in [0, 0.05) is 23.0 Å². The molecule has 7 nitrogen and oxygen atoms in total. The number of nitrogens with zero attached hydrogens (tertiary/aromatic N) is 3. The van der Waals surface area contributed by atoms with Gasteiger partial charge in [-0.3, -0.25) is 4.57 Å². The fraction of sp³-hybridized carbons (Fsp3) is 0.190. The third-order valence-corrected chi connectivity index (χ3v) is 4.54. The highest BCUT2D eigenvalue weighted by Gasteiger charge is 2.25. The Morgan fingerprint density at radius 2 is 1.96 bits per heavy atom. The highest BCUT2D eigenvalue weighted by Crippen LogP contribution is 2.26. The molecule has 3 heterocycles. The van der Waals surface area contributed by atoms with Gasteiger partial charge in [-0.15, -0.1) is 0 Å². The zero-order valence-electron chi connectivity index (χ0n) is 16.0. The number of ether oxygens (including phenoxy) is 2. The fourth-order valence-electron chi connectivity index (χ4n) is 3.18. The second-order valence-corrected chi connectivity index (χ2v) is 6.53. The molecular formula is C21H19N3O4. The molecule has 28 heavy (non-hydrogen) atoms. The minimum absolute atomic E-state index is 0.245. The number of carbonyl (C=O) groups excluding carboxylic acids is 1. The molecule has 0 fully saturated rings. The van der Waals surface area contributed by atoms with Crippen LogP contribution in [0.3, 0.4) is 0 Å². The monoisotopic (exact) mass is 377 g/mol. The van der Waals surface area contributed by atoms with E-state index >= 15 is 0 Å². The molecule has 0 bridgehead atoms. The van der Waals surface area contributed by atoms with Gasteiger partial charge in [0.05, 0.1) is 7.11 Å². The molecular weight excluding hydrogens is 358 g/mol. The number of rotatable bonds is 4. The molecule has 0 N–H and O–H groups in total. The van der Waals surface area contributed by atoms with Crippen LogP contribution in [0.1, 0.15) is 28.3 Å². The number of aromatic nitrogens is 2. The molecule has 1 aromatic carbocycles. The van der Waals surface area contributed by atoms with E-state index in [1.54, 1.807) is 19.3 Å². The molecule has 1 aliphatic heterocycles. The van der Waals surface area contributed by atoms with Crippen LogP contribution in [-0.4, -0.2) is 28.7 Å². The summed E-state index contributed by atoms with van der Waals surface area (Å²) in [6, 6.07) is 11.1. The van der Waals surface area contributed by atoms with E-state index < -0.39 is 5.97 Å². The van der Waals surface area contributed by atoms with Crippen LogP contribution in [0.2, 0.25) is 0 Å². The van der Waals surface area contributed by atoms with Crippen molar-refractivity contribution in [2.75, 3.05) is 7.11 Å². The lowest BCUT2D eigenvalue weighted by atomic mass is 10.2. The Morgan fingerprint density at radius 1 is 1.14 bits per heavy atom. The number of methoxy groups -OCH3 is 1. The van der Waals surface area contributed by atoms with Crippen LogP contribution in [0, 0.1) is 20.8 Å². The lowest BCUT2D eigenvalue weighted by Crippen LogP contribution is -2.05. The minimum Gasteiger partial charge on any atom is -0.497 e. The van der Waals surface area contributed by atoms with Gasteiger partial charge >= 0.3 is 5.97 Å². The van der Waals surface area contributed by atoms with E-state index in [0.717, 1.165) is 22.7 Å². The average Bonchev–Trinajstić information content (AvgIpc) is 3.34. The summed E-state index contributed by atoms with van der Waals surface area (Å²) >= 11 is 0. The fourth-order valence-corrected chi connectivity index (χ4v) is 3.18. The summed E-state index contributed by atoms with van der Waals surface area (Å²) in [5.41, 5.74) is 3.69. The summed E-state index contributed by atoms with van der Waals surface area (Å²) in [6.07, 6.45) is 1.72. The molecule has 2 aromatic heterocycles. The standard InChI is InChI=1S/C21H19N3O4/c1-12-8-16(14(3)24(12)19-9-13(2)28-23-19)11-18-21(25)27-20(22-18)15-6-5-7-17(10-15)26-4/h5-11H,1-4H3. The van der Waals surface area contributed by atoms with Gasteiger partial charge in [-0.2, -0.15) is 0 Å². The van der Waals surface area contributed by atoms with Crippen LogP contribution in [0.4, 0.5) is 0 Å². The highest BCUT2D eigenvalue weighted by atomic mass is 16.6. The first-order chi connectivity index (χ1) is 13.5. The molecule has 4 rings (SSSR count). The van der Waals surface area contributed by atoms with Crippen molar-refractivity contribution >= 4 is 17.9 Å². The topological polar surface area (TPSA) is 78.9 Å². The minimum atomic E-state index is -0.486. The lowest BCUT2D eigenvalue weighted by Gasteiger charge is -2.03. The SMILES string of the molecule is COc1cccc(C2=NC(=Cc3cc(C)n(-c4cc(C)on4)c3C)C(=O)O2)c1. The van der Waals surface area contributed by atoms with Crippen molar-refractivity contribution in [2.24, 2.45) is 4.99 Å². The van der Waals surface area contributed by atoms with Crippen LogP contribution in [0.5, 0.6) is 5.75 Å². The zero-order chi connectivity index (χ0) is 19.8. The maximum absolute atomic E-state index is 12.3. The first-order valence-corrected chi connectivity index (χ1v) is 8.76. The van der Waals surface area contributed by atoms with Crippen molar-refractivity contribution in [3.8, 4) is 11.6 Å². The number of esters is 1. The Bertz CT molecular complexity index is 1130. The molecule has 1 aliphatic rings. The average molecular weight is 377 g/mol. The summed E-state index contributed by atoms with van der Waals surface area (Å²) in [5.74, 6) is 1.87. The summed E-state index contributed by atoms with van der Waals surface area (Å²) in [5, 5.41) is 4.07. The number of hydrogen-bond donors (Lipinski definition) is 0. The van der Waals surface area contributed by atoms with Crippen molar-refractivity contribution < 1.29 is 18.8 Å². The van der Waals surface area contributed by atoms with Crippen molar-refractivity contribution in [3.63, 3.8) is 0 Å². The van der Waals surface area contributed by atoms with Gasteiger partial charge in [-0.05, 0) is 56.7 Å². The molecule has 0 spiro atoms. The molecule has 142 valence electrons. The number of cyclic esters (lactones) is 1. The number of hydrogen-bond acceptors (Lipinski definition) is 6. The Kier molecular flexibility index (Phi) is 4.35. The smallest absolute Gasteiger partial charge is 0.363 e. The third kappa shape index (κ3) is 3.11. The molecule has 0 aliphatic carbocycles. The van der Waals surface area contributed by atoms with Crippen LogP contribution in [-0.2, 0) is 9.53 Å². The maximum Gasteiger partial charge on any atom is 0.363 e. The Labute approximate surface area is 161 Å². The predicted molar refractivity (Wildman–Crippen MR) is 104 cm³/mol. The van der Waals surface area contributed by atoms with Gasteiger partial charge in [0.25, 0.3) is 0 Å². The third-order valence-electron chi connectivity index (χ3n) is 4.54. The Hall–Kier alpha value is -3.61. The van der Waals surface area contributed by atoms with E-state index in [0.29, 0.717) is 17.1 Å². The number of benzene rings is 1. The summed E-state index contributed by atoms with van der Waals surface area (Å²) in [7, 11) is 1.58. The quantitative estimate of drug-likeness (QED) is 0.511. The van der Waals surface area contributed by atoms with Crippen molar-refractivity contribution in [3.05, 3.63) is 70.4 Å². The summed E-state index contributed by atoms with van der Waals surface area (Å²) in [6.45, 7) is 5.77. The molecule has 0 radical (unpaired) electrons. The van der Waals surface area contributed by atoms with E-state index in [1.807, 2.05) is 55.7 Å². The molecule has 7 heteroatoms. The second kappa shape index (κ2) is 6.84. The van der Waals surface area contributed by atoms with E-state index in [4.69, 9.17) is 14.0 Å². The van der Waals surface area contributed by atoms with Gasteiger partial charge < -0.3 is 14.0 Å². The van der Waals surface area contributed by atoms with Crippen LogP contribution >= 0.6 is 0 Å². The summed E-state index contributed by atoms with van der Waals surface area (Å²) in [4.78, 5) is 16.7. The van der Waals surface area contributed by atoms with Gasteiger partial charge in [0.1, 0.15) is 11.5 Å². The Morgan fingerprint density at radius 3 is 2.68 bits per heavy atom. The second-order valence-electron chi connectivity index (χ2n) is 6.53. The van der Waals surface area contributed by atoms with Crippen LogP contribution in [0.25, 0.3) is 11.9 Å². The maximum atomic E-state index is 12.3. The van der Waals surface area contributed by atoms with Crippen LogP contribution < -0.4 is 4.74 Å². The molecule has 0 saturated carbocycles. The highest BCUT2D eigenvalue weighted by molar-refractivity contribution is 6.13. The van der Waals surface area contributed by atoms with Crippen molar-refractivity contribution in [1.82, 2.24) is 9.72 Å². The van der Waals surface area contributed by atoms with Gasteiger partial charge in [0.15, 0.2) is 11.5 Å². The number of aliphatic imine (C=N–C) groups is 1. The Balaban J connectivity index is 1.71. The lowest BCUT2D eigenvalue weighted by molar-refractivity contribution is -0.129. The molecule has 0 amide bonds. The first-order valence-electron chi connectivity index (χ1n) is 8.76. The number of carbonyl (C=O) groups is 1. The number of aryl methyl sites for hydroxylation is 2. The van der Waals surface area contributed by atoms with E-state index in [-0.39, 0.29) is 11.6 Å². The molecule has 0 saturated heterocycles. The molecule has 0 unspecified atom stereocenters. The van der Waals surface area contributed by atoms with E-state index in [2.05, 4.69) is 10.1 Å². The summed E-state index contributed by atoms with van der Waals surface area (Å²) < 4.78 is 17.7. The normalized spacial score (nSPS) is 15.1. The van der Waals surface area contributed by atoms with Crippen molar-refractivity contribution in [1.29, 1.82) is 0 Å². The van der Waals surface area contributed by atoms with Crippen molar-refractivity contribution in [2.45, 2.75) is 20.8 Å². The van der Waals surface area contributed by atoms with Gasteiger partial charge in [-0.25, -0.2) is 9.79 Å². The van der Waals surface area contributed by atoms with E-state index in [9.17, 15) is 4.79 Å². The van der Waals surface area contributed by atoms with E-state index in [1.165, 1.54) is 0 Å². The predicted octanol–water partition coefficient (Wildman–Crippen LogP) is 3.74.